The summed E-state index contributed by atoms with van der Waals surface area (Å²) < 4.78 is 28.0. The summed E-state index contributed by atoms with van der Waals surface area (Å²) in [7, 11) is -1.08. The fourth-order valence-electron chi connectivity index (χ4n) is 2.35. The average Bonchev–Trinajstić information content (AvgIpc) is 2.76. The SMILES string of the molecule is CC(C)(C)[S@@](=O)N1CCC[C@@H]1c1ccccc1F. The molecule has 0 aliphatic carbocycles. The Morgan fingerprint density at radius 3 is 2.61 bits per heavy atom. The van der Waals surface area contributed by atoms with Crippen LogP contribution in [-0.2, 0) is 11.0 Å². The lowest BCUT2D eigenvalue weighted by Gasteiger charge is -2.30. The molecule has 1 aliphatic rings. The molecule has 1 aliphatic heterocycles. The largest absolute Gasteiger partial charge is 0.242 e. The van der Waals surface area contributed by atoms with Gasteiger partial charge in [-0.3, -0.25) is 0 Å². The van der Waals surface area contributed by atoms with Gasteiger partial charge in [0, 0.05) is 12.1 Å². The monoisotopic (exact) mass is 269 g/mol. The van der Waals surface area contributed by atoms with Gasteiger partial charge < -0.3 is 0 Å². The van der Waals surface area contributed by atoms with Crippen LogP contribution in [0.3, 0.4) is 0 Å². The fraction of sp³-hybridized carbons (Fsp3) is 0.571. The van der Waals surface area contributed by atoms with Crippen LogP contribution in [-0.4, -0.2) is 19.8 Å². The Hall–Kier alpha value is -0.740. The van der Waals surface area contributed by atoms with Gasteiger partial charge in [-0.15, -0.1) is 0 Å². The third-order valence-electron chi connectivity index (χ3n) is 3.20. The van der Waals surface area contributed by atoms with Crippen LogP contribution >= 0.6 is 0 Å². The van der Waals surface area contributed by atoms with E-state index in [1.54, 1.807) is 12.1 Å². The molecule has 0 spiro atoms. The minimum absolute atomic E-state index is 0.0498. The van der Waals surface area contributed by atoms with Crippen LogP contribution in [0.15, 0.2) is 24.3 Å². The van der Waals surface area contributed by atoms with Crippen LogP contribution < -0.4 is 0 Å². The lowest BCUT2D eigenvalue weighted by Crippen LogP contribution is -2.37. The molecule has 0 radical (unpaired) electrons. The Bertz CT molecular complexity index is 455. The maximum Gasteiger partial charge on any atom is 0.128 e. The molecular weight excluding hydrogens is 249 g/mol. The molecule has 1 heterocycles. The van der Waals surface area contributed by atoms with Gasteiger partial charge in [-0.25, -0.2) is 12.9 Å². The lowest BCUT2D eigenvalue weighted by atomic mass is 10.1. The van der Waals surface area contributed by atoms with Crippen molar-refractivity contribution < 1.29 is 8.60 Å². The maximum atomic E-state index is 13.8. The maximum absolute atomic E-state index is 13.8. The highest BCUT2D eigenvalue weighted by Crippen LogP contribution is 2.36. The highest BCUT2D eigenvalue weighted by Gasteiger charge is 2.36. The Balaban J connectivity index is 2.29. The fourth-order valence-corrected chi connectivity index (χ4v) is 3.80. The van der Waals surface area contributed by atoms with Crippen molar-refractivity contribution >= 4 is 11.0 Å². The van der Waals surface area contributed by atoms with E-state index < -0.39 is 11.0 Å². The first-order valence-corrected chi connectivity index (χ1v) is 7.45. The average molecular weight is 269 g/mol. The summed E-state index contributed by atoms with van der Waals surface area (Å²) >= 11 is 0. The number of halogens is 1. The molecule has 2 atom stereocenters. The van der Waals surface area contributed by atoms with Crippen molar-refractivity contribution in [3.63, 3.8) is 0 Å². The zero-order chi connectivity index (χ0) is 13.3. The van der Waals surface area contributed by atoms with Gasteiger partial charge in [0.2, 0.25) is 0 Å². The zero-order valence-corrected chi connectivity index (χ0v) is 12.0. The Morgan fingerprint density at radius 2 is 2.00 bits per heavy atom. The van der Waals surface area contributed by atoms with E-state index in [2.05, 4.69) is 0 Å². The second-order valence-corrected chi connectivity index (χ2v) is 7.87. The summed E-state index contributed by atoms with van der Waals surface area (Å²) in [6.45, 7) is 6.66. The van der Waals surface area contributed by atoms with E-state index >= 15 is 0 Å². The quantitative estimate of drug-likeness (QED) is 0.805. The molecule has 1 fully saturated rings. The molecule has 1 saturated heterocycles. The summed E-state index contributed by atoms with van der Waals surface area (Å²) in [6, 6.07) is 6.77. The molecule has 0 unspecified atom stereocenters. The van der Waals surface area contributed by atoms with Gasteiger partial charge in [0.25, 0.3) is 0 Å². The summed E-state index contributed by atoms with van der Waals surface area (Å²) in [5.41, 5.74) is 0.674. The van der Waals surface area contributed by atoms with Crippen LogP contribution in [0, 0.1) is 5.82 Å². The minimum Gasteiger partial charge on any atom is -0.242 e. The van der Waals surface area contributed by atoms with Crippen LogP contribution in [0.1, 0.15) is 45.2 Å². The summed E-state index contributed by atoms with van der Waals surface area (Å²) in [5, 5.41) is 0. The van der Waals surface area contributed by atoms with Crippen LogP contribution in [0.4, 0.5) is 4.39 Å². The van der Waals surface area contributed by atoms with Crippen molar-refractivity contribution in [3.8, 4) is 0 Å². The molecule has 0 aromatic heterocycles. The van der Waals surface area contributed by atoms with Gasteiger partial charge in [-0.1, -0.05) is 18.2 Å². The van der Waals surface area contributed by atoms with Crippen LogP contribution in [0.5, 0.6) is 0 Å². The van der Waals surface area contributed by atoms with E-state index in [-0.39, 0.29) is 16.6 Å². The van der Waals surface area contributed by atoms with Gasteiger partial charge in [0.1, 0.15) is 16.8 Å². The van der Waals surface area contributed by atoms with E-state index in [0.29, 0.717) is 5.56 Å². The second-order valence-electron chi connectivity index (χ2n) is 5.68. The van der Waals surface area contributed by atoms with Gasteiger partial charge in [0.05, 0.1) is 10.8 Å². The topological polar surface area (TPSA) is 20.3 Å². The number of benzene rings is 1. The zero-order valence-electron chi connectivity index (χ0n) is 11.1. The molecular formula is C14H20FNOS. The Labute approximate surface area is 111 Å². The van der Waals surface area contributed by atoms with E-state index in [1.807, 2.05) is 31.1 Å². The molecule has 0 N–H and O–H groups in total. The first-order valence-electron chi connectivity index (χ1n) is 6.34. The van der Waals surface area contributed by atoms with Crippen LogP contribution in [0.25, 0.3) is 0 Å². The van der Waals surface area contributed by atoms with E-state index in [1.165, 1.54) is 6.07 Å². The van der Waals surface area contributed by atoms with E-state index in [4.69, 9.17) is 0 Å². The van der Waals surface area contributed by atoms with Gasteiger partial charge >= 0.3 is 0 Å². The number of hydrogen-bond acceptors (Lipinski definition) is 1. The van der Waals surface area contributed by atoms with Crippen molar-refractivity contribution in [1.29, 1.82) is 0 Å². The molecule has 0 saturated carbocycles. The molecule has 4 heteroatoms. The van der Waals surface area contributed by atoms with Crippen LogP contribution in [0.2, 0.25) is 0 Å². The minimum atomic E-state index is -1.08. The molecule has 100 valence electrons. The van der Waals surface area contributed by atoms with E-state index in [0.717, 1.165) is 19.4 Å². The van der Waals surface area contributed by atoms with Crippen molar-refractivity contribution in [2.24, 2.45) is 0 Å². The van der Waals surface area contributed by atoms with Gasteiger partial charge in [-0.05, 0) is 39.7 Å². The molecule has 0 bridgehead atoms. The smallest absolute Gasteiger partial charge is 0.128 e. The first kappa shape index (κ1) is 13.7. The lowest BCUT2D eigenvalue weighted by molar-refractivity contribution is 0.403. The highest BCUT2D eigenvalue weighted by molar-refractivity contribution is 7.84. The molecule has 1 aromatic rings. The Morgan fingerprint density at radius 1 is 1.33 bits per heavy atom. The molecule has 2 nitrogen and oxygen atoms in total. The number of nitrogens with zero attached hydrogens (tertiary/aromatic N) is 1. The standard InChI is InChI=1S/C14H20FNOS/c1-14(2,3)18(17)16-10-6-9-13(16)11-7-4-5-8-12(11)15/h4-5,7-8,13H,6,9-10H2,1-3H3/t13-,18-/m1/s1. The summed E-state index contributed by atoms with van der Waals surface area (Å²) in [6.07, 6.45) is 1.85. The normalized spacial score (nSPS) is 23.2. The molecule has 18 heavy (non-hydrogen) atoms. The second kappa shape index (κ2) is 5.10. The van der Waals surface area contributed by atoms with Gasteiger partial charge in [-0.2, -0.15) is 0 Å². The first-order chi connectivity index (χ1) is 8.41. The molecule has 2 rings (SSSR count). The third kappa shape index (κ3) is 2.64. The number of hydrogen-bond donors (Lipinski definition) is 0. The van der Waals surface area contributed by atoms with Crippen molar-refractivity contribution in [2.45, 2.75) is 44.4 Å². The Kier molecular flexibility index (Phi) is 3.87. The molecule has 1 aromatic carbocycles. The highest BCUT2D eigenvalue weighted by atomic mass is 32.2. The summed E-state index contributed by atoms with van der Waals surface area (Å²) in [5.74, 6) is -0.194. The summed E-state index contributed by atoms with van der Waals surface area (Å²) in [4.78, 5) is 0. The number of rotatable bonds is 2. The van der Waals surface area contributed by atoms with E-state index in [9.17, 15) is 8.60 Å². The molecule has 0 amide bonds. The van der Waals surface area contributed by atoms with Crippen molar-refractivity contribution in [3.05, 3.63) is 35.6 Å². The predicted octanol–water partition coefficient (Wildman–Crippen LogP) is 3.42. The third-order valence-corrected chi connectivity index (χ3v) is 5.12. The van der Waals surface area contributed by atoms with Gasteiger partial charge in [0.15, 0.2) is 0 Å². The predicted molar refractivity (Wildman–Crippen MR) is 73.0 cm³/mol. The van der Waals surface area contributed by atoms with Crippen molar-refractivity contribution in [2.75, 3.05) is 6.54 Å². The van der Waals surface area contributed by atoms with Crippen molar-refractivity contribution in [1.82, 2.24) is 4.31 Å².